The molecule has 1 heterocycles. The number of pyridine rings is 1. The highest BCUT2D eigenvalue weighted by atomic mass is 16.3. The first-order chi connectivity index (χ1) is 6.63. The Bertz CT molecular complexity index is 355. The monoisotopic (exact) mass is 191 g/mol. The first-order valence-electron chi connectivity index (χ1n) is 4.42. The van der Waals surface area contributed by atoms with Crippen LogP contribution in [0.2, 0.25) is 0 Å². The highest BCUT2D eigenvalue weighted by molar-refractivity contribution is 5.56. The summed E-state index contributed by atoms with van der Waals surface area (Å²) in [7, 11) is 0. The predicted molar refractivity (Wildman–Crippen MR) is 53.9 cm³/mol. The van der Waals surface area contributed by atoms with Gasteiger partial charge in [-0.25, -0.2) is 0 Å². The second-order valence-electron chi connectivity index (χ2n) is 3.21. The number of aliphatic hydroxyl groups is 1. The van der Waals surface area contributed by atoms with E-state index in [-0.39, 0.29) is 0 Å². The van der Waals surface area contributed by atoms with Gasteiger partial charge in [-0.05, 0) is 19.9 Å². The number of hydrogen-bond acceptors (Lipinski definition) is 4. The molecule has 1 aromatic heterocycles. The summed E-state index contributed by atoms with van der Waals surface area (Å²) >= 11 is 0. The van der Waals surface area contributed by atoms with Crippen LogP contribution in [0.1, 0.15) is 18.2 Å². The number of aromatic nitrogens is 1. The van der Waals surface area contributed by atoms with E-state index in [1.54, 1.807) is 13.0 Å². The fraction of sp³-hybridized carbons (Fsp3) is 0.400. The maximum Gasteiger partial charge on any atom is 0.103 e. The summed E-state index contributed by atoms with van der Waals surface area (Å²) in [6, 6.07) is 3.83. The lowest BCUT2D eigenvalue weighted by Crippen LogP contribution is -2.16. The topological polar surface area (TPSA) is 68.9 Å². The molecular formula is C10H13N3O. The van der Waals surface area contributed by atoms with Gasteiger partial charge in [0.25, 0.3) is 0 Å². The molecule has 74 valence electrons. The largest absolute Gasteiger partial charge is 0.392 e. The normalized spacial score (nSPS) is 11.9. The minimum Gasteiger partial charge on any atom is -0.392 e. The molecule has 1 rings (SSSR count). The van der Waals surface area contributed by atoms with Crippen molar-refractivity contribution in [1.82, 2.24) is 4.98 Å². The van der Waals surface area contributed by atoms with Gasteiger partial charge in [-0.3, -0.25) is 4.98 Å². The zero-order valence-electron chi connectivity index (χ0n) is 8.28. The van der Waals surface area contributed by atoms with Gasteiger partial charge < -0.3 is 10.4 Å². The van der Waals surface area contributed by atoms with E-state index >= 15 is 0 Å². The van der Waals surface area contributed by atoms with Crippen molar-refractivity contribution >= 4 is 5.69 Å². The van der Waals surface area contributed by atoms with Crippen molar-refractivity contribution in [3.05, 3.63) is 23.5 Å². The highest BCUT2D eigenvalue weighted by Crippen LogP contribution is 2.14. The van der Waals surface area contributed by atoms with E-state index < -0.39 is 6.10 Å². The molecule has 1 atom stereocenters. The summed E-state index contributed by atoms with van der Waals surface area (Å²) in [5.74, 6) is 0. The van der Waals surface area contributed by atoms with E-state index in [9.17, 15) is 0 Å². The van der Waals surface area contributed by atoms with Gasteiger partial charge in [-0.1, -0.05) is 0 Å². The summed E-state index contributed by atoms with van der Waals surface area (Å²) < 4.78 is 0. The minimum atomic E-state index is -0.435. The second kappa shape index (κ2) is 4.58. The van der Waals surface area contributed by atoms with E-state index in [1.807, 2.05) is 13.0 Å². The number of nitrogens with zero attached hydrogens (tertiary/aromatic N) is 2. The molecule has 1 aromatic rings. The third kappa shape index (κ3) is 2.71. The fourth-order valence-corrected chi connectivity index (χ4v) is 1.05. The first-order valence-corrected chi connectivity index (χ1v) is 4.42. The smallest absolute Gasteiger partial charge is 0.103 e. The minimum absolute atomic E-state index is 0.429. The first kappa shape index (κ1) is 10.5. The maximum absolute atomic E-state index is 9.09. The van der Waals surface area contributed by atoms with Gasteiger partial charge in [0.15, 0.2) is 0 Å². The molecule has 0 radical (unpaired) electrons. The average molecular weight is 191 g/mol. The summed E-state index contributed by atoms with van der Waals surface area (Å²) in [6.07, 6.45) is 1.09. The zero-order valence-corrected chi connectivity index (χ0v) is 8.28. The molecule has 0 aliphatic rings. The number of hydrogen-bond donors (Lipinski definition) is 2. The molecule has 0 bridgehead atoms. The van der Waals surface area contributed by atoms with Crippen LogP contribution in [0.25, 0.3) is 0 Å². The summed E-state index contributed by atoms with van der Waals surface area (Å²) in [6.45, 7) is 3.97. The van der Waals surface area contributed by atoms with Gasteiger partial charge >= 0.3 is 0 Å². The SMILES string of the molecule is Cc1cc(NCC(C)O)c(C#N)cn1. The lowest BCUT2D eigenvalue weighted by atomic mass is 10.2. The third-order valence-electron chi connectivity index (χ3n) is 1.75. The Morgan fingerprint density at radius 2 is 2.43 bits per heavy atom. The zero-order chi connectivity index (χ0) is 10.6. The maximum atomic E-state index is 9.09. The molecule has 0 aliphatic heterocycles. The molecule has 0 aliphatic carbocycles. The van der Waals surface area contributed by atoms with Crippen molar-refractivity contribution in [2.24, 2.45) is 0 Å². The molecule has 1 unspecified atom stereocenters. The number of rotatable bonds is 3. The summed E-state index contributed by atoms with van der Waals surface area (Å²) in [5.41, 5.74) is 2.06. The summed E-state index contributed by atoms with van der Waals surface area (Å²) in [5, 5.41) is 20.9. The Hall–Kier alpha value is -1.60. The van der Waals surface area contributed by atoms with Gasteiger partial charge in [0.05, 0.1) is 17.4 Å². The van der Waals surface area contributed by atoms with Crippen LogP contribution in [0.4, 0.5) is 5.69 Å². The Kier molecular flexibility index (Phi) is 3.43. The predicted octanol–water partition coefficient (Wildman–Crippen LogP) is 1.05. The Morgan fingerprint density at radius 1 is 1.71 bits per heavy atom. The van der Waals surface area contributed by atoms with Crippen molar-refractivity contribution in [3.63, 3.8) is 0 Å². The van der Waals surface area contributed by atoms with Crippen LogP contribution in [0, 0.1) is 18.3 Å². The van der Waals surface area contributed by atoms with E-state index in [4.69, 9.17) is 10.4 Å². The Balaban J connectivity index is 2.84. The van der Waals surface area contributed by atoms with Crippen LogP contribution in [-0.2, 0) is 0 Å². The molecule has 0 aromatic carbocycles. The number of nitriles is 1. The van der Waals surface area contributed by atoms with Crippen molar-refractivity contribution in [1.29, 1.82) is 5.26 Å². The quantitative estimate of drug-likeness (QED) is 0.749. The molecule has 0 amide bonds. The molecule has 4 nitrogen and oxygen atoms in total. The standard InChI is InChI=1S/C10H13N3O/c1-7-3-10(13-5-8(2)14)9(4-11)6-12-7/h3,6,8,14H,5H2,1-2H3,(H,12,13). The van der Waals surface area contributed by atoms with E-state index in [2.05, 4.69) is 10.3 Å². The lowest BCUT2D eigenvalue weighted by Gasteiger charge is -2.09. The van der Waals surface area contributed by atoms with Crippen LogP contribution >= 0.6 is 0 Å². The number of nitrogens with one attached hydrogen (secondary N) is 1. The van der Waals surface area contributed by atoms with E-state index in [1.165, 1.54) is 6.20 Å². The highest BCUT2D eigenvalue weighted by Gasteiger charge is 2.03. The van der Waals surface area contributed by atoms with Gasteiger partial charge in [-0.2, -0.15) is 5.26 Å². The van der Waals surface area contributed by atoms with Gasteiger partial charge in [0.2, 0.25) is 0 Å². The molecule has 14 heavy (non-hydrogen) atoms. The van der Waals surface area contributed by atoms with E-state index in [0.717, 1.165) is 11.4 Å². The van der Waals surface area contributed by atoms with Crippen molar-refractivity contribution in [2.75, 3.05) is 11.9 Å². The molecular weight excluding hydrogens is 178 g/mol. The number of aliphatic hydroxyl groups excluding tert-OH is 1. The van der Waals surface area contributed by atoms with Gasteiger partial charge in [-0.15, -0.1) is 0 Å². The number of anilines is 1. The Labute approximate surface area is 83.2 Å². The van der Waals surface area contributed by atoms with Gasteiger partial charge in [0.1, 0.15) is 6.07 Å². The molecule has 2 N–H and O–H groups in total. The van der Waals surface area contributed by atoms with Crippen LogP contribution < -0.4 is 5.32 Å². The molecule has 0 saturated carbocycles. The van der Waals surface area contributed by atoms with Crippen LogP contribution in [-0.4, -0.2) is 22.7 Å². The van der Waals surface area contributed by atoms with Crippen LogP contribution in [0.5, 0.6) is 0 Å². The van der Waals surface area contributed by atoms with Gasteiger partial charge in [0, 0.05) is 18.4 Å². The molecule has 4 heteroatoms. The van der Waals surface area contributed by atoms with Crippen LogP contribution in [0.15, 0.2) is 12.3 Å². The second-order valence-corrected chi connectivity index (χ2v) is 3.21. The fourth-order valence-electron chi connectivity index (χ4n) is 1.05. The van der Waals surface area contributed by atoms with E-state index in [0.29, 0.717) is 12.1 Å². The average Bonchev–Trinajstić information content (AvgIpc) is 2.15. The summed E-state index contributed by atoms with van der Waals surface area (Å²) in [4.78, 5) is 4.01. The Morgan fingerprint density at radius 3 is 3.00 bits per heavy atom. The third-order valence-corrected chi connectivity index (χ3v) is 1.75. The van der Waals surface area contributed by atoms with Crippen molar-refractivity contribution < 1.29 is 5.11 Å². The van der Waals surface area contributed by atoms with Crippen molar-refractivity contribution in [3.8, 4) is 6.07 Å². The molecule has 0 saturated heterocycles. The van der Waals surface area contributed by atoms with Crippen LogP contribution in [0.3, 0.4) is 0 Å². The molecule has 0 spiro atoms. The van der Waals surface area contributed by atoms with Crippen molar-refractivity contribution in [2.45, 2.75) is 20.0 Å². The molecule has 0 fully saturated rings. The lowest BCUT2D eigenvalue weighted by molar-refractivity contribution is 0.208. The number of aryl methyl sites for hydroxylation is 1.